The molecule has 6 nitrogen and oxygen atoms in total. The maximum atomic E-state index is 12.4. The molecule has 1 aliphatic rings. The molecule has 0 bridgehead atoms. The van der Waals surface area contributed by atoms with Crippen molar-refractivity contribution in [2.75, 3.05) is 13.1 Å². The molecule has 1 saturated heterocycles. The molecule has 20 heavy (non-hydrogen) atoms. The highest BCUT2D eigenvalue weighted by Gasteiger charge is 2.30. The molecule has 1 aromatic carbocycles. The number of aryl methyl sites for hydroxylation is 1. The lowest BCUT2D eigenvalue weighted by molar-refractivity contribution is -0.384. The molecule has 0 spiro atoms. The number of rotatable bonds is 3. The second-order valence-electron chi connectivity index (χ2n) is 5.30. The SMILES string of the molecule is Cc1ccc([N+](=O)[O-])cc1C(=O)N1CCC(C(C)O)C1. The van der Waals surface area contributed by atoms with Gasteiger partial charge in [-0.05, 0) is 25.8 Å². The van der Waals surface area contributed by atoms with Crippen molar-refractivity contribution in [1.82, 2.24) is 4.90 Å². The van der Waals surface area contributed by atoms with Crippen molar-refractivity contribution in [3.05, 3.63) is 39.4 Å². The maximum absolute atomic E-state index is 12.4. The van der Waals surface area contributed by atoms with Gasteiger partial charge < -0.3 is 10.0 Å². The number of aliphatic hydroxyl groups is 1. The smallest absolute Gasteiger partial charge is 0.270 e. The van der Waals surface area contributed by atoms with Crippen LogP contribution < -0.4 is 0 Å². The second-order valence-corrected chi connectivity index (χ2v) is 5.30. The third-order valence-corrected chi connectivity index (χ3v) is 3.86. The summed E-state index contributed by atoms with van der Waals surface area (Å²) in [6.07, 6.45) is 0.316. The molecule has 6 heteroatoms. The van der Waals surface area contributed by atoms with Gasteiger partial charge in [-0.2, -0.15) is 0 Å². The maximum Gasteiger partial charge on any atom is 0.270 e. The molecule has 108 valence electrons. The molecule has 2 atom stereocenters. The molecular formula is C14H18N2O4. The van der Waals surface area contributed by atoms with Crippen LogP contribution in [0, 0.1) is 23.0 Å². The van der Waals surface area contributed by atoms with E-state index in [0.29, 0.717) is 18.7 Å². The van der Waals surface area contributed by atoms with Crippen LogP contribution in [0.15, 0.2) is 18.2 Å². The highest BCUT2D eigenvalue weighted by Crippen LogP contribution is 2.24. The summed E-state index contributed by atoms with van der Waals surface area (Å²) in [6.45, 7) is 4.56. The van der Waals surface area contributed by atoms with Gasteiger partial charge in [-0.1, -0.05) is 6.07 Å². The van der Waals surface area contributed by atoms with E-state index in [1.54, 1.807) is 24.8 Å². The Morgan fingerprint density at radius 1 is 1.55 bits per heavy atom. The molecule has 1 aromatic rings. The predicted octanol–water partition coefficient (Wildman–Crippen LogP) is 1.75. The van der Waals surface area contributed by atoms with Gasteiger partial charge in [0, 0.05) is 36.7 Å². The quantitative estimate of drug-likeness (QED) is 0.674. The molecular weight excluding hydrogens is 260 g/mol. The minimum atomic E-state index is -0.501. The van der Waals surface area contributed by atoms with Crippen molar-refractivity contribution in [3.8, 4) is 0 Å². The Balaban J connectivity index is 2.21. The van der Waals surface area contributed by atoms with Crippen LogP contribution in [0.1, 0.15) is 29.3 Å². The standard InChI is InChI=1S/C14H18N2O4/c1-9-3-4-12(16(19)20)7-13(9)14(18)15-6-5-11(8-15)10(2)17/h3-4,7,10-11,17H,5-6,8H2,1-2H3. The van der Waals surface area contributed by atoms with Crippen molar-refractivity contribution >= 4 is 11.6 Å². The zero-order valence-electron chi connectivity index (χ0n) is 11.6. The number of hydrogen-bond donors (Lipinski definition) is 1. The van der Waals surface area contributed by atoms with E-state index in [2.05, 4.69) is 0 Å². The molecule has 0 radical (unpaired) electrons. The summed E-state index contributed by atoms with van der Waals surface area (Å²) in [7, 11) is 0. The van der Waals surface area contributed by atoms with E-state index in [1.807, 2.05) is 0 Å². The normalized spacial score (nSPS) is 19.9. The third-order valence-electron chi connectivity index (χ3n) is 3.86. The van der Waals surface area contributed by atoms with Crippen LogP contribution >= 0.6 is 0 Å². The van der Waals surface area contributed by atoms with E-state index in [0.717, 1.165) is 12.0 Å². The Bertz CT molecular complexity index is 542. The van der Waals surface area contributed by atoms with Gasteiger partial charge in [0.25, 0.3) is 11.6 Å². The topological polar surface area (TPSA) is 83.7 Å². The van der Waals surface area contributed by atoms with Crippen molar-refractivity contribution in [2.24, 2.45) is 5.92 Å². The Morgan fingerprint density at radius 2 is 2.25 bits per heavy atom. The first-order valence-electron chi connectivity index (χ1n) is 6.62. The highest BCUT2D eigenvalue weighted by atomic mass is 16.6. The molecule has 2 rings (SSSR count). The van der Waals surface area contributed by atoms with Crippen LogP contribution in [-0.2, 0) is 0 Å². The van der Waals surface area contributed by atoms with Crippen molar-refractivity contribution < 1.29 is 14.8 Å². The summed E-state index contributed by atoms with van der Waals surface area (Å²) in [5, 5.41) is 20.4. The summed E-state index contributed by atoms with van der Waals surface area (Å²) >= 11 is 0. The van der Waals surface area contributed by atoms with E-state index in [4.69, 9.17) is 0 Å². The lowest BCUT2D eigenvalue weighted by Crippen LogP contribution is -2.30. The van der Waals surface area contributed by atoms with Crippen LogP contribution in [0.2, 0.25) is 0 Å². The number of nitrogens with zero attached hydrogens (tertiary/aromatic N) is 2. The van der Waals surface area contributed by atoms with Gasteiger partial charge in [0.15, 0.2) is 0 Å². The Labute approximate surface area is 117 Å². The number of hydrogen-bond acceptors (Lipinski definition) is 4. The number of likely N-dealkylation sites (tertiary alicyclic amines) is 1. The number of non-ortho nitro benzene ring substituents is 1. The molecule has 0 saturated carbocycles. The molecule has 1 fully saturated rings. The summed E-state index contributed by atoms with van der Waals surface area (Å²) < 4.78 is 0. The molecule has 1 heterocycles. The van der Waals surface area contributed by atoms with Crippen LogP contribution in [0.5, 0.6) is 0 Å². The Hall–Kier alpha value is -1.95. The van der Waals surface area contributed by atoms with E-state index in [9.17, 15) is 20.0 Å². The first kappa shape index (κ1) is 14.5. The fourth-order valence-electron chi connectivity index (χ4n) is 2.49. The largest absolute Gasteiger partial charge is 0.393 e. The van der Waals surface area contributed by atoms with Crippen LogP contribution in [-0.4, -0.2) is 40.0 Å². The number of amides is 1. The second kappa shape index (κ2) is 5.58. The Kier molecular flexibility index (Phi) is 4.04. The highest BCUT2D eigenvalue weighted by molar-refractivity contribution is 5.96. The van der Waals surface area contributed by atoms with E-state index in [-0.39, 0.29) is 17.5 Å². The molecule has 0 aliphatic carbocycles. The monoisotopic (exact) mass is 278 g/mol. The zero-order chi connectivity index (χ0) is 14.9. The van der Waals surface area contributed by atoms with Gasteiger partial charge in [-0.15, -0.1) is 0 Å². The summed E-state index contributed by atoms with van der Waals surface area (Å²) in [4.78, 5) is 24.4. The summed E-state index contributed by atoms with van der Waals surface area (Å²) in [5.74, 6) is -0.118. The average molecular weight is 278 g/mol. The van der Waals surface area contributed by atoms with Crippen molar-refractivity contribution in [2.45, 2.75) is 26.4 Å². The number of nitro benzene ring substituents is 1. The number of benzene rings is 1. The fraction of sp³-hybridized carbons (Fsp3) is 0.500. The van der Waals surface area contributed by atoms with Crippen LogP contribution in [0.4, 0.5) is 5.69 Å². The molecule has 0 aromatic heterocycles. The number of aliphatic hydroxyl groups excluding tert-OH is 1. The van der Waals surface area contributed by atoms with Crippen LogP contribution in [0.3, 0.4) is 0 Å². The minimum absolute atomic E-state index is 0.0785. The average Bonchev–Trinajstić information content (AvgIpc) is 2.88. The van der Waals surface area contributed by atoms with E-state index in [1.165, 1.54) is 12.1 Å². The van der Waals surface area contributed by atoms with Crippen molar-refractivity contribution in [3.63, 3.8) is 0 Å². The van der Waals surface area contributed by atoms with Gasteiger partial charge in [0.2, 0.25) is 0 Å². The summed E-state index contributed by atoms with van der Waals surface area (Å²) in [6, 6.07) is 4.32. The third kappa shape index (κ3) is 2.80. The van der Waals surface area contributed by atoms with Gasteiger partial charge >= 0.3 is 0 Å². The summed E-state index contributed by atoms with van der Waals surface area (Å²) in [5.41, 5.74) is 1.01. The lowest BCUT2D eigenvalue weighted by Gasteiger charge is -2.18. The minimum Gasteiger partial charge on any atom is -0.393 e. The number of nitro groups is 1. The predicted molar refractivity (Wildman–Crippen MR) is 73.5 cm³/mol. The van der Waals surface area contributed by atoms with E-state index >= 15 is 0 Å². The zero-order valence-corrected chi connectivity index (χ0v) is 11.6. The lowest BCUT2D eigenvalue weighted by atomic mass is 10.0. The van der Waals surface area contributed by atoms with Gasteiger partial charge in [-0.3, -0.25) is 14.9 Å². The first-order valence-corrected chi connectivity index (χ1v) is 6.62. The molecule has 1 aliphatic heterocycles. The van der Waals surface area contributed by atoms with E-state index < -0.39 is 11.0 Å². The number of carbonyl (C=O) groups is 1. The van der Waals surface area contributed by atoms with Crippen molar-refractivity contribution in [1.29, 1.82) is 0 Å². The molecule has 2 unspecified atom stereocenters. The molecule has 1 N–H and O–H groups in total. The van der Waals surface area contributed by atoms with Gasteiger partial charge in [0.1, 0.15) is 0 Å². The van der Waals surface area contributed by atoms with Crippen LogP contribution in [0.25, 0.3) is 0 Å². The van der Waals surface area contributed by atoms with Gasteiger partial charge in [0.05, 0.1) is 11.0 Å². The Morgan fingerprint density at radius 3 is 2.80 bits per heavy atom. The number of carbonyl (C=O) groups excluding carboxylic acids is 1. The molecule has 1 amide bonds. The fourth-order valence-corrected chi connectivity index (χ4v) is 2.49. The first-order chi connectivity index (χ1) is 9.40. The van der Waals surface area contributed by atoms with Gasteiger partial charge in [-0.25, -0.2) is 0 Å².